The molecule has 0 aliphatic heterocycles. The van der Waals surface area contributed by atoms with Crippen molar-refractivity contribution in [1.82, 2.24) is 0 Å². The molecule has 0 spiro atoms. The van der Waals surface area contributed by atoms with Gasteiger partial charge in [-0.1, -0.05) is 32.6 Å². The Balaban J connectivity index is 2.69. The van der Waals surface area contributed by atoms with E-state index in [0.29, 0.717) is 6.61 Å². The summed E-state index contributed by atoms with van der Waals surface area (Å²) in [6, 6.07) is 0. The Morgan fingerprint density at radius 3 is 2.36 bits per heavy atom. The average molecular weight is 158 g/mol. The van der Waals surface area contributed by atoms with Crippen LogP contribution in [0.4, 0.5) is 0 Å². The highest BCUT2D eigenvalue weighted by Gasteiger charge is 1.89. The molecule has 0 aliphatic carbocycles. The standard InChI is InChI=1S/C9H18O2/c1-2-3-4-5-6-8-11-9-7-10/h1-9H2. The van der Waals surface area contributed by atoms with Crippen molar-refractivity contribution in [3.63, 3.8) is 0 Å². The summed E-state index contributed by atoms with van der Waals surface area (Å²) >= 11 is 0. The Morgan fingerprint density at radius 1 is 1.00 bits per heavy atom. The van der Waals surface area contributed by atoms with E-state index in [9.17, 15) is 5.11 Å². The zero-order valence-corrected chi connectivity index (χ0v) is 7.18. The van der Waals surface area contributed by atoms with Gasteiger partial charge in [0.2, 0.25) is 0 Å². The zero-order valence-electron chi connectivity index (χ0n) is 7.18. The van der Waals surface area contributed by atoms with E-state index in [0.717, 1.165) is 19.4 Å². The average Bonchev–Trinajstić information content (AvgIpc) is 2.03. The highest BCUT2D eigenvalue weighted by molar-refractivity contribution is 4.44. The summed E-state index contributed by atoms with van der Waals surface area (Å²) in [6.07, 6.45) is 5.77. The van der Waals surface area contributed by atoms with Gasteiger partial charge in [-0.2, -0.15) is 0 Å². The molecule has 0 aromatic rings. The summed E-state index contributed by atoms with van der Waals surface area (Å²) in [5.74, 6) is 0. The first-order chi connectivity index (χ1) is 5.41. The molecule has 66 valence electrons. The minimum Gasteiger partial charge on any atom is -0.379 e. The number of hydrogen-bond donors (Lipinski definition) is 0. The summed E-state index contributed by atoms with van der Waals surface area (Å²) < 4.78 is 5.03. The smallest absolute Gasteiger partial charge is 0.106 e. The largest absolute Gasteiger partial charge is 0.379 e. The first kappa shape index (κ1) is 10.9. The topological polar surface area (TPSA) is 29.1 Å². The summed E-state index contributed by atoms with van der Waals surface area (Å²) in [7, 11) is 0. The first-order valence-electron chi connectivity index (χ1n) is 4.37. The molecule has 0 N–H and O–H groups in total. The van der Waals surface area contributed by atoms with Crippen LogP contribution < -0.4 is 0 Å². The van der Waals surface area contributed by atoms with Crippen LogP contribution >= 0.6 is 0 Å². The van der Waals surface area contributed by atoms with Crippen molar-refractivity contribution in [2.45, 2.75) is 32.1 Å². The Hall–Kier alpha value is -0.0800. The van der Waals surface area contributed by atoms with E-state index in [-0.39, 0.29) is 6.61 Å². The van der Waals surface area contributed by atoms with Crippen molar-refractivity contribution in [2.75, 3.05) is 19.8 Å². The van der Waals surface area contributed by atoms with Gasteiger partial charge < -0.3 is 4.74 Å². The zero-order chi connectivity index (χ0) is 8.36. The number of ether oxygens (including phenoxy) is 1. The van der Waals surface area contributed by atoms with Crippen LogP contribution in [0, 0.1) is 6.92 Å². The summed E-state index contributed by atoms with van der Waals surface area (Å²) in [4.78, 5) is 0. The molecule has 0 aliphatic rings. The van der Waals surface area contributed by atoms with Crippen molar-refractivity contribution >= 4 is 0 Å². The normalized spacial score (nSPS) is 10.4. The van der Waals surface area contributed by atoms with Gasteiger partial charge in [0, 0.05) is 6.61 Å². The van der Waals surface area contributed by atoms with Gasteiger partial charge in [0.1, 0.15) is 6.61 Å². The minimum atomic E-state index is -0.112. The second kappa shape index (κ2) is 9.92. The van der Waals surface area contributed by atoms with E-state index in [1.54, 1.807) is 0 Å². The second-order valence-corrected chi connectivity index (χ2v) is 2.58. The van der Waals surface area contributed by atoms with Crippen LogP contribution in [0.15, 0.2) is 0 Å². The molecule has 0 saturated heterocycles. The van der Waals surface area contributed by atoms with E-state index in [2.05, 4.69) is 6.92 Å². The fourth-order valence-corrected chi connectivity index (χ4v) is 0.895. The Labute approximate surface area is 69.6 Å². The molecule has 0 atom stereocenters. The lowest BCUT2D eigenvalue weighted by Gasteiger charge is -2.00. The molecule has 0 aromatic heterocycles. The SMILES string of the molecule is [CH2]CCCCCCOCC[O]. The summed E-state index contributed by atoms with van der Waals surface area (Å²) in [5.41, 5.74) is 0. The molecule has 0 rings (SSSR count). The predicted octanol–water partition coefficient (Wildman–Crippen LogP) is 2.22. The van der Waals surface area contributed by atoms with Crippen LogP contribution in [-0.2, 0) is 9.84 Å². The maximum atomic E-state index is 9.93. The maximum Gasteiger partial charge on any atom is 0.106 e. The number of hydrogen-bond acceptors (Lipinski definition) is 1. The third kappa shape index (κ3) is 9.92. The summed E-state index contributed by atoms with van der Waals surface area (Å²) in [5, 5.41) is 9.93. The predicted molar refractivity (Wildman–Crippen MR) is 44.8 cm³/mol. The molecule has 0 amide bonds. The first-order valence-corrected chi connectivity index (χ1v) is 4.37. The third-order valence-electron chi connectivity index (χ3n) is 1.52. The maximum absolute atomic E-state index is 9.93. The van der Waals surface area contributed by atoms with Crippen molar-refractivity contribution < 1.29 is 9.84 Å². The number of unbranched alkanes of at least 4 members (excludes halogenated alkanes) is 4. The van der Waals surface area contributed by atoms with E-state index in [4.69, 9.17) is 4.74 Å². The third-order valence-corrected chi connectivity index (χ3v) is 1.52. The molecule has 0 fully saturated rings. The molecule has 2 nitrogen and oxygen atoms in total. The molecule has 0 unspecified atom stereocenters. The lowest BCUT2D eigenvalue weighted by Crippen LogP contribution is -1.99. The van der Waals surface area contributed by atoms with Crippen LogP contribution in [-0.4, -0.2) is 19.8 Å². The van der Waals surface area contributed by atoms with Gasteiger partial charge in [0.05, 0.1) is 6.61 Å². The molecule has 2 radical (unpaired) electrons. The van der Waals surface area contributed by atoms with Gasteiger partial charge >= 0.3 is 0 Å². The number of rotatable bonds is 8. The lowest BCUT2D eigenvalue weighted by molar-refractivity contribution is 0.0619. The Morgan fingerprint density at radius 2 is 1.73 bits per heavy atom. The van der Waals surface area contributed by atoms with Gasteiger partial charge in [-0.3, -0.25) is 0 Å². The molecular weight excluding hydrogens is 140 g/mol. The van der Waals surface area contributed by atoms with Crippen LogP contribution in [0.2, 0.25) is 0 Å². The fourth-order valence-electron chi connectivity index (χ4n) is 0.895. The molecule has 0 saturated carbocycles. The van der Waals surface area contributed by atoms with Gasteiger partial charge in [-0.25, -0.2) is 5.11 Å². The minimum absolute atomic E-state index is 0.112. The van der Waals surface area contributed by atoms with Gasteiger partial charge in [0.25, 0.3) is 0 Å². The van der Waals surface area contributed by atoms with Crippen molar-refractivity contribution in [1.29, 1.82) is 0 Å². The fraction of sp³-hybridized carbons (Fsp3) is 0.889. The highest BCUT2D eigenvalue weighted by Crippen LogP contribution is 2.01. The Bertz CT molecular complexity index is 56.6. The second-order valence-electron chi connectivity index (χ2n) is 2.58. The molecule has 11 heavy (non-hydrogen) atoms. The highest BCUT2D eigenvalue weighted by atomic mass is 16.5. The molecule has 2 heteroatoms. The van der Waals surface area contributed by atoms with Crippen LogP contribution in [0.1, 0.15) is 32.1 Å². The van der Waals surface area contributed by atoms with E-state index in [1.165, 1.54) is 19.3 Å². The van der Waals surface area contributed by atoms with E-state index < -0.39 is 0 Å². The quantitative estimate of drug-likeness (QED) is 0.498. The molecule has 0 heterocycles. The van der Waals surface area contributed by atoms with Gasteiger partial charge in [0.15, 0.2) is 0 Å². The van der Waals surface area contributed by atoms with Crippen LogP contribution in [0.3, 0.4) is 0 Å². The van der Waals surface area contributed by atoms with Gasteiger partial charge in [-0.15, -0.1) is 0 Å². The molecule has 0 aromatic carbocycles. The van der Waals surface area contributed by atoms with E-state index in [1.807, 2.05) is 0 Å². The summed E-state index contributed by atoms with van der Waals surface area (Å²) in [6.45, 7) is 4.77. The van der Waals surface area contributed by atoms with Gasteiger partial charge in [-0.05, 0) is 6.42 Å². The molecule has 0 bridgehead atoms. The van der Waals surface area contributed by atoms with Crippen molar-refractivity contribution in [3.05, 3.63) is 6.92 Å². The monoisotopic (exact) mass is 158 g/mol. The molecular formula is C9H18O2. The van der Waals surface area contributed by atoms with Crippen LogP contribution in [0.5, 0.6) is 0 Å². The van der Waals surface area contributed by atoms with Crippen LogP contribution in [0.25, 0.3) is 0 Å². The van der Waals surface area contributed by atoms with E-state index >= 15 is 0 Å². The van der Waals surface area contributed by atoms with Crippen molar-refractivity contribution in [2.24, 2.45) is 0 Å². The van der Waals surface area contributed by atoms with Crippen molar-refractivity contribution in [3.8, 4) is 0 Å². The Kier molecular flexibility index (Phi) is 9.85. The lowest BCUT2D eigenvalue weighted by atomic mass is 10.2.